The Kier molecular flexibility index (Phi) is 4.19. The average molecular weight is 407 g/mol. The van der Waals surface area contributed by atoms with Crippen LogP contribution in [0, 0.1) is 0 Å². The number of nitrogens with one attached hydrogen (secondary N) is 2. The normalized spacial score (nSPS) is 18.3. The summed E-state index contributed by atoms with van der Waals surface area (Å²) in [7, 11) is 1.79. The van der Waals surface area contributed by atoms with Crippen LogP contribution in [-0.4, -0.2) is 49.3 Å². The number of carbonyl (C=O) groups excluding carboxylic acids is 1. The number of carbonyl (C=O) groups is 1. The van der Waals surface area contributed by atoms with Gasteiger partial charge in [0.1, 0.15) is 23.2 Å². The third-order valence-electron chi connectivity index (χ3n) is 5.42. The fourth-order valence-electron chi connectivity index (χ4n) is 3.68. The van der Waals surface area contributed by atoms with E-state index in [2.05, 4.69) is 39.1 Å². The lowest BCUT2D eigenvalue weighted by Gasteiger charge is -2.08. The highest BCUT2D eigenvalue weighted by atomic mass is 19.1. The quantitative estimate of drug-likeness (QED) is 0.530. The molecule has 5 rings (SSSR count). The van der Waals surface area contributed by atoms with Crippen LogP contribution in [0.15, 0.2) is 36.8 Å². The lowest BCUT2D eigenvalue weighted by molar-refractivity contribution is 0.0949. The number of amides is 1. The molecule has 0 unspecified atom stereocenters. The fraction of sp³-hybridized carbons (Fsp3) is 0.333. The number of fused-ring (bicyclic) bond motifs is 2. The summed E-state index contributed by atoms with van der Waals surface area (Å²) in [6.45, 7) is 4.20. The molecule has 8 nitrogen and oxygen atoms in total. The first kappa shape index (κ1) is 18.5. The third kappa shape index (κ3) is 2.89. The summed E-state index contributed by atoms with van der Waals surface area (Å²) >= 11 is 0. The molecule has 0 bridgehead atoms. The number of hydrogen-bond acceptors (Lipinski definition) is 5. The summed E-state index contributed by atoms with van der Waals surface area (Å²) in [4.78, 5) is 22.0. The number of pyridine rings is 1. The van der Waals surface area contributed by atoms with Crippen LogP contribution < -0.4 is 10.6 Å². The van der Waals surface area contributed by atoms with Crippen LogP contribution in [0.4, 0.5) is 10.2 Å². The zero-order chi connectivity index (χ0) is 21.0. The number of halogens is 1. The van der Waals surface area contributed by atoms with Crippen molar-refractivity contribution in [2.24, 2.45) is 0 Å². The number of aromatic nitrogens is 5. The van der Waals surface area contributed by atoms with Crippen molar-refractivity contribution in [3.05, 3.63) is 42.4 Å². The third-order valence-corrected chi connectivity index (χ3v) is 5.42. The molecule has 1 fully saturated rings. The van der Waals surface area contributed by atoms with E-state index in [-0.39, 0.29) is 11.9 Å². The fourth-order valence-corrected chi connectivity index (χ4v) is 3.68. The Morgan fingerprint density at radius 2 is 2.13 bits per heavy atom. The van der Waals surface area contributed by atoms with Crippen LogP contribution in [0.1, 0.15) is 36.7 Å². The molecule has 1 aliphatic rings. The predicted molar refractivity (Wildman–Crippen MR) is 112 cm³/mol. The number of alkyl halides is 1. The predicted octanol–water partition coefficient (Wildman–Crippen LogP) is 3.21. The van der Waals surface area contributed by atoms with Gasteiger partial charge in [-0.1, -0.05) is 0 Å². The molecule has 2 atom stereocenters. The van der Waals surface area contributed by atoms with Gasteiger partial charge >= 0.3 is 0 Å². The summed E-state index contributed by atoms with van der Waals surface area (Å²) in [5, 5.41) is 11.1. The molecule has 0 aromatic carbocycles. The SMILES string of the molecule is CNc1cc(-c2cn(C(C)C)c3ncccc23)nc2c(C(=O)N[C@@H]3C[C@@H]3F)cnn12. The molecule has 1 saturated carbocycles. The van der Waals surface area contributed by atoms with Gasteiger partial charge in [-0.3, -0.25) is 4.79 Å². The molecule has 4 aromatic heterocycles. The van der Waals surface area contributed by atoms with Crippen molar-refractivity contribution in [3.8, 4) is 11.3 Å². The van der Waals surface area contributed by atoms with E-state index in [9.17, 15) is 9.18 Å². The second-order valence-electron chi connectivity index (χ2n) is 7.82. The van der Waals surface area contributed by atoms with E-state index >= 15 is 0 Å². The molecule has 154 valence electrons. The molecule has 1 amide bonds. The summed E-state index contributed by atoms with van der Waals surface area (Å²) in [6.07, 6.45) is 4.66. The van der Waals surface area contributed by atoms with Gasteiger partial charge in [-0.2, -0.15) is 9.61 Å². The summed E-state index contributed by atoms with van der Waals surface area (Å²) in [5.74, 6) is 0.325. The molecule has 9 heteroatoms. The van der Waals surface area contributed by atoms with E-state index in [1.54, 1.807) is 17.8 Å². The van der Waals surface area contributed by atoms with Crippen molar-refractivity contribution < 1.29 is 9.18 Å². The van der Waals surface area contributed by atoms with E-state index in [4.69, 9.17) is 4.98 Å². The first-order valence-electron chi connectivity index (χ1n) is 9.95. The van der Waals surface area contributed by atoms with Gasteiger partial charge in [-0.05, 0) is 26.0 Å². The number of anilines is 1. The standard InChI is InChI=1S/C21H22FN7O/c1-11(2)28-10-14(12-5-4-6-24-19(12)28)16-8-18(23-3)29-20(26-16)13(9-25-29)21(30)27-17-7-15(17)22/h4-6,8-11,15,17,23H,7H2,1-3H3,(H,27,30)/t15-,17+/m0/s1. The first-order chi connectivity index (χ1) is 14.5. The maximum absolute atomic E-state index is 13.2. The molecule has 0 aliphatic heterocycles. The molecule has 0 spiro atoms. The van der Waals surface area contributed by atoms with Gasteiger partial charge in [0.15, 0.2) is 5.65 Å². The molecule has 4 aromatic rings. The zero-order valence-corrected chi connectivity index (χ0v) is 16.9. The molecule has 2 N–H and O–H groups in total. The molecule has 1 aliphatic carbocycles. The number of hydrogen-bond donors (Lipinski definition) is 2. The van der Waals surface area contributed by atoms with Gasteiger partial charge in [0, 0.05) is 48.9 Å². The van der Waals surface area contributed by atoms with Crippen LogP contribution in [0.25, 0.3) is 27.9 Å². The van der Waals surface area contributed by atoms with Gasteiger partial charge in [0.2, 0.25) is 0 Å². The molecule has 4 heterocycles. The highest BCUT2D eigenvalue weighted by Crippen LogP contribution is 2.32. The summed E-state index contributed by atoms with van der Waals surface area (Å²) < 4.78 is 16.9. The minimum Gasteiger partial charge on any atom is -0.373 e. The average Bonchev–Trinajstić information content (AvgIpc) is 3.14. The highest BCUT2D eigenvalue weighted by Gasteiger charge is 2.39. The second-order valence-corrected chi connectivity index (χ2v) is 7.82. The van der Waals surface area contributed by atoms with Gasteiger partial charge < -0.3 is 15.2 Å². The molecular weight excluding hydrogens is 385 g/mol. The molecule has 0 saturated heterocycles. The van der Waals surface area contributed by atoms with E-state index in [1.165, 1.54) is 6.20 Å². The molecular formula is C21H22FN7O. The van der Waals surface area contributed by atoms with E-state index < -0.39 is 12.2 Å². The lowest BCUT2D eigenvalue weighted by atomic mass is 10.1. The number of nitrogens with zero attached hydrogens (tertiary/aromatic N) is 5. The Hall–Kier alpha value is -3.49. The lowest BCUT2D eigenvalue weighted by Crippen LogP contribution is -2.27. The van der Waals surface area contributed by atoms with Crippen LogP contribution in [0.3, 0.4) is 0 Å². The maximum Gasteiger partial charge on any atom is 0.257 e. The molecule has 0 radical (unpaired) electrons. The highest BCUT2D eigenvalue weighted by molar-refractivity contribution is 6.01. The smallest absolute Gasteiger partial charge is 0.257 e. The summed E-state index contributed by atoms with van der Waals surface area (Å²) in [6, 6.07) is 5.61. The van der Waals surface area contributed by atoms with Crippen molar-refractivity contribution in [1.82, 2.24) is 29.5 Å². The van der Waals surface area contributed by atoms with Crippen LogP contribution >= 0.6 is 0 Å². The molecule has 30 heavy (non-hydrogen) atoms. The van der Waals surface area contributed by atoms with Crippen LogP contribution in [-0.2, 0) is 0 Å². The Morgan fingerprint density at radius 1 is 1.33 bits per heavy atom. The Balaban J connectivity index is 1.68. The van der Waals surface area contributed by atoms with Crippen molar-refractivity contribution in [2.75, 3.05) is 12.4 Å². The van der Waals surface area contributed by atoms with Crippen molar-refractivity contribution in [3.63, 3.8) is 0 Å². The van der Waals surface area contributed by atoms with Crippen LogP contribution in [0.5, 0.6) is 0 Å². The van der Waals surface area contributed by atoms with Gasteiger partial charge in [-0.15, -0.1) is 0 Å². The minimum atomic E-state index is -0.971. The van der Waals surface area contributed by atoms with E-state index in [0.717, 1.165) is 16.6 Å². The summed E-state index contributed by atoms with van der Waals surface area (Å²) in [5.41, 5.74) is 3.24. The Bertz CT molecular complexity index is 1280. The van der Waals surface area contributed by atoms with Crippen molar-refractivity contribution in [1.29, 1.82) is 0 Å². The van der Waals surface area contributed by atoms with Gasteiger partial charge in [0.25, 0.3) is 5.91 Å². The largest absolute Gasteiger partial charge is 0.373 e. The van der Waals surface area contributed by atoms with Gasteiger partial charge in [-0.25, -0.2) is 14.4 Å². The van der Waals surface area contributed by atoms with Crippen molar-refractivity contribution >= 4 is 28.4 Å². The monoisotopic (exact) mass is 407 g/mol. The first-order valence-corrected chi connectivity index (χ1v) is 9.95. The Labute approximate surface area is 172 Å². The second kappa shape index (κ2) is 6.79. The Morgan fingerprint density at radius 3 is 2.83 bits per heavy atom. The number of rotatable bonds is 5. The van der Waals surface area contributed by atoms with Gasteiger partial charge in [0.05, 0.1) is 17.9 Å². The topological polar surface area (TPSA) is 89.1 Å². The maximum atomic E-state index is 13.2. The van der Waals surface area contributed by atoms with Crippen molar-refractivity contribution in [2.45, 2.75) is 38.5 Å². The van der Waals surface area contributed by atoms with E-state index in [1.807, 2.05) is 24.4 Å². The van der Waals surface area contributed by atoms with E-state index in [0.29, 0.717) is 29.1 Å². The van der Waals surface area contributed by atoms with Crippen LogP contribution in [0.2, 0.25) is 0 Å². The zero-order valence-electron chi connectivity index (χ0n) is 16.9. The minimum absolute atomic E-state index is 0.229.